The first kappa shape index (κ1) is 15.1. The Hall–Kier alpha value is -2.34. The van der Waals surface area contributed by atoms with E-state index in [1.54, 1.807) is 23.7 Å². The van der Waals surface area contributed by atoms with E-state index in [4.69, 9.17) is 14.6 Å². The second-order valence-corrected chi connectivity index (χ2v) is 4.77. The zero-order chi connectivity index (χ0) is 15.1. The number of benzene rings is 1. The van der Waals surface area contributed by atoms with Gasteiger partial charge in [-0.1, -0.05) is 12.1 Å². The van der Waals surface area contributed by atoms with Gasteiger partial charge >= 0.3 is 5.97 Å². The monoisotopic (exact) mass is 305 g/mol. The third-order valence-corrected chi connectivity index (χ3v) is 3.20. The maximum absolute atomic E-state index is 10.7. The lowest BCUT2D eigenvalue weighted by Crippen LogP contribution is -2.01. The van der Waals surface area contributed by atoms with Gasteiger partial charge in [0, 0.05) is 17.0 Å². The number of nitrogens with zero attached hydrogens (tertiary/aromatic N) is 1. The largest absolute Gasteiger partial charge is 0.490 e. The van der Waals surface area contributed by atoms with Crippen molar-refractivity contribution in [1.29, 1.82) is 0 Å². The average molecular weight is 305 g/mol. The predicted octanol–water partition coefficient (Wildman–Crippen LogP) is 3.22. The van der Waals surface area contributed by atoms with Crippen LogP contribution in [0, 0.1) is 0 Å². The summed E-state index contributed by atoms with van der Waals surface area (Å²) in [4.78, 5) is 14.8. The standard InChI is InChI=1S/C15H15NO4S/c1-2-19-13-5-3-4-11(6-7-14(17)18)15(13)20-8-12-9-21-10-16-12/h3-7,9-10H,2,8H2,1H3,(H,17,18)/b7-6+. The Balaban J connectivity index is 2.26. The second kappa shape index (κ2) is 7.44. The van der Waals surface area contributed by atoms with Gasteiger partial charge in [0.2, 0.25) is 0 Å². The highest BCUT2D eigenvalue weighted by molar-refractivity contribution is 7.07. The van der Waals surface area contributed by atoms with Gasteiger partial charge in [0.15, 0.2) is 11.5 Å². The Kier molecular flexibility index (Phi) is 5.34. The van der Waals surface area contributed by atoms with E-state index in [0.29, 0.717) is 30.3 Å². The molecule has 0 aliphatic rings. The van der Waals surface area contributed by atoms with Gasteiger partial charge in [0.05, 0.1) is 17.8 Å². The van der Waals surface area contributed by atoms with Crippen molar-refractivity contribution in [3.05, 3.63) is 46.4 Å². The number of para-hydroxylation sites is 1. The van der Waals surface area contributed by atoms with Gasteiger partial charge in [0.1, 0.15) is 6.61 Å². The zero-order valence-corrected chi connectivity index (χ0v) is 12.3. The van der Waals surface area contributed by atoms with E-state index in [1.807, 2.05) is 12.3 Å². The fourth-order valence-electron chi connectivity index (χ4n) is 1.70. The quantitative estimate of drug-likeness (QED) is 0.795. The van der Waals surface area contributed by atoms with E-state index in [1.165, 1.54) is 17.4 Å². The summed E-state index contributed by atoms with van der Waals surface area (Å²) in [5, 5.41) is 10.6. The van der Waals surface area contributed by atoms with Gasteiger partial charge in [-0.15, -0.1) is 11.3 Å². The van der Waals surface area contributed by atoms with Crippen molar-refractivity contribution in [3.8, 4) is 11.5 Å². The number of carboxylic acid groups (broad SMARTS) is 1. The van der Waals surface area contributed by atoms with Crippen LogP contribution in [-0.4, -0.2) is 22.7 Å². The van der Waals surface area contributed by atoms with Crippen LogP contribution in [0.2, 0.25) is 0 Å². The summed E-state index contributed by atoms with van der Waals surface area (Å²) in [6, 6.07) is 5.36. The number of aliphatic carboxylic acids is 1. The highest BCUT2D eigenvalue weighted by atomic mass is 32.1. The molecule has 0 amide bonds. The number of ether oxygens (including phenoxy) is 2. The number of hydrogen-bond donors (Lipinski definition) is 1. The second-order valence-electron chi connectivity index (χ2n) is 4.05. The summed E-state index contributed by atoms with van der Waals surface area (Å²) in [7, 11) is 0. The molecule has 1 aromatic carbocycles. The van der Waals surface area contributed by atoms with Crippen LogP contribution in [0.3, 0.4) is 0 Å². The van der Waals surface area contributed by atoms with Crippen molar-refractivity contribution in [2.75, 3.05) is 6.61 Å². The number of carboxylic acids is 1. The molecular formula is C15H15NO4S. The van der Waals surface area contributed by atoms with Crippen LogP contribution >= 0.6 is 11.3 Å². The number of hydrogen-bond acceptors (Lipinski definition) is 5. The molecular weight excluding hydrogens is 290 g/mol. The number of aromatic nitrogens is 1. The molecule has 0 radical (unpaired) electrons. The van der Waals surface area contributed by atoms with Gasteiger partial charge in [-0.05, 0) is 19.1 Å². The molecule has 21 heavy (non-hydrogen) atoms. The van der Waals surface area contributed by atoms with E-state index in [2.05, 4.69) is 4.98 Å². The normalized spacial score (nSPS) is 10.7. The number of rotatable bonds is 7. The fraction of sp³-hybridized carbons (Fsp3) is 0.200. The summed E-state index contributed by atoms with van der Waals surface area (Å²) in [5.74, 6) is 0.0902. The van der Waals surface area contributed by atoms with E-state index < -0.39 is 5.97 Å². The van der Waals surface area contributed by atoms with Gasteiger partial charge in [0.25, 0.3) is 0 Å². The first-order chi connectivity index (χ1) is 10.2. The summed E-state index contributed by atoms with van der Waals surface area (Å²) in [6.07, 6.45) is 2.56. The minimum atomic E-state index is -1.01. The van der Waals surface area contributed by atoms with Gasteiger partial charge in [-0.25, -0.2) is 9.78 Å². The van der Waals surface area contributed by atoms with Crippen molar-refractivity contribution < 1.29 is 19.4 Å². The summed E-state index contributed by atoms with van der Waals surface area (Å²) in [6.45, 7) is 2.69. The highest BCUT2D eigenvalue weighted by Gasteiger charge is 2.10. The van der Waals surface area contributed by atoms with Crippen LogP contribution in [0.15, 0.2) is 35.2 Å². The molecule has 110 valence electrons. The molecule has 0 bridgehead atoms. The lowest BCUT2D eigenvalue weighted by Gasteiger charge is -2.13. The van der Waals surface area contributed by atoms with Gasteiger partial charge in [-0.2, -0.15) is 0 Å². The molecule has 1 aromatic heterocycles. The molecule has 6 heteroatoms. The molecule has 0 unspecified atom stereocenters. The minimum Gasteiger partial charge on any atom is -0.490 e. The molecule has 1 heterocycles. The van der Waals surface area contributed by atoms with Gasteiger partial charge < -0.3 is 14.6 Å². The molecule has 0 aliphatic heterocycles. The van der Waals surface area contributed by atoms with E-state index >= 15 is 0 Å². The Morgan fingerprint density at radius 2 is 2.29 bits per heavy atom. The lowest BCUT2D eigenvalue weighted by atomic mass is 10.1. The molecule has 0 aliphatic carbocycles. The number of thiazole rings is 1. The van der Waals surface area contributed by atoms with E-state index in [-0.39, 0.29) is 0 Å². The van der Waals surface area contributed by atoms with Gasteiger partial charge in [-0.3, -0.25) is 0 Å². The van der Waals surface area contributed by atoms with Crippen LogP contribution in [0.5, 0.6) is 11.5 Å². The van der Waals surface area contributed by atoms with Crippen molar-refractivity contribution in [2.24, 2.45) is 0 Å². The summed E-state index contributed by atoms with van der Waals surface area (Å²) < 4.78 is 11.3. The van der Waals surface area contributed by atoms with Crippen LogP contribution in [-0.2, 0) is 11.4 Å². The molecule has 0 saturated carbocycles. The smallest absolute Gasteiger partial charge is 0.328 e. The first-order valence-electron chi connectivity index (χ1n) is 6.37. The van der Waals surface area contributed by atoms with Crippen molar-refractivity contribution in [3.63, 3.8) is 0 Å². The van der Waals surface area contributed by atoms with E-state index in [0.717, 1.165) is 11.8 Å². The van der Waals surface area contributed by atoms with Crippen molar-refractivity contribution in [2.45, 2.75) is 13.5 Å². The van der Waals surface area contributed by atoms with Crippen LogP contribution in [0.1, 0.15) is 18.2 Å². The predicted molar refractivity (Wildman–Crippen MR) is 80.7 cm³/mol. The molecule has 0 spiro atoms. The maximum Gasteiger partial charge on any atom is 0.328 e. The van der Waals surface area contributed by atoms with Crippen LogP contribution < -0.4 is 9.47 Å². The maximum atomic E-state index is 10.7. The van der Waals surface area contributed by atoms with E-state index in [9.17, 15) is 4.79 Å². The minimum absolute atomic E-state index is 0.307. The third kappa shape index (κ3) is 4.32. The Morgan fingerprint density at radius 3 is 2.95 bits per heavy atom. The zero-order valence-electron chi connectivity index (χ0n) is 11.5. The molecule has 1 N–H and O–H groups in total. The molecule has 0 saturated heterocycles. The average Bonchev–Trinajstić information content (AvgIpc) is 2.97. The Morgan fingerprint density at radius 1 is 1.43 bits per heavy atom. The Labute approximate surface area is 126 Å². The van der Waals surface area contributed by atoms with Crippen molar-refractivity contribution in [1.82, 2.24) is 4.98 Å². The summed E-state index contributed by atoms with van der Waals surface area (Å²) >= 11 is 1.49. The van der Waals surface area contributed by atoms with Crippen LogP contribution in [0.25, 0.3) is 6.08 Å². The molecule has 5 nitrogen and oxygen atoms in total. The SMILES string of the molecule is CCOc1cccc(/C=C/C(=O)O)c1OCc1cscn1. The molecule has 2 rings (SSSR count). The lowest BCUT2D eigenvalue weighted by molar-refractivity contribution is -0.131. The van der Waals surface area contributed by atoms with Crippen LogP contribution in [0.4, 0.5) is 0 Å². The number of carbonyl (C=O) groups is 1. The first-order valence-corrected chi connectivity index (χ1v) is 7.31. The van der Waals surface area contributed by atoms with Crippen molar-refractivity contribution >= 4 is 23.4 Å². The summed E-state index contributed by atoms with van der Waals surface area (Å²) in [5.41, 5.74) is 3.20. The molecule has 0 atom stereocenters. The molecule has 2 aromatic rings. The fourth-order valence-corrected chi connectivity index (χ4v) is 2.25. The molecule has 0 fully saturated rings. The Bertz CT molecular complexity index is 623. The topological polar surface area (TPSA) is 68.7 Å². The highest BCUT2D eigenvalue weighted by Crippen LogP contribution is 2.33. The third-order valence-electron chi connectivity index (χ3n) is 2.56.